The molecule has 1 aliphatic rings. The molecule has 0 aliphatic carbocycles. The van der Waals surface area contributed by atoms with Crippen LogP contribution in [-0.4, -0.2) is 26.2 Å². The number of halogens is 2. The normalized spacial score (nSPS) is 16.7. The molecule has 0 aromatic rings. The Morgan fingerprint density at radius 1 is 1.38 bits per heavy atom. The Labute approximate surface area is 91.4 Å². The van der Waals surface area contributed by atoms with Gasteiger partial charge in [0.25, 0.3) is 0 Å². The van der Waals surface area contributed by atoms with Crippen molar-refractivity contribution in [3.63, 3.8) is 0 Å². The fourth-order valence-corrected chi connectivity index (χ4v) is 1.40. The zero-order valence-electron chi connectivity index (χ0n) is 7.75. The van der Waals surface area contributed by atoms with Crippen molar-refractivity contribution in [3.05, 3.63) is 0 Å². The Balaban J connectivity index is 0. The maximum absolute atomic E-state index is 10.8. The van der Waals surface area contributed by atoms with Crippen molar-refractivity contribution in [3.8, 4) is 0 Å². The Kier molecular flexibility index (Phi) is 10.2. The highest BCUT2D eigenvalue weighted by Gasteiger charge is 2.16. The van der Waals surface area contributed by atoms with Crippen LogP contribution < -0.4 is 5.32 Å². The van der Waals surface area contributed by atoms with E-state index < -0.39 is 0 Å². The number of ether oxygens (including phenoxy) is 1. The van der Waals surface area contributed by atoms with Gasteiger partial charge >= 0.3 is 5.97 Å². The van der Waals surface area contributed by atoms with Crippen molar-refractivity contribution < 1.29 is 9.53 Å². The van der Waals surface area contributed by atoms with E-state index in [9.17, 15) is 4.79 Å². The molecule has 0 bridgehead atoms. The summed E-state index contributed by atoms with van der Waals surface area (Å²) in [6.45, 7) is 2.09. The molecule has 0 radical (unpaired) electrons. The van der Waals surface area contributed by atoms with Gasteiger partial charge in [-0.25, -0.2) is 0 Å². The van der Waals surface area contributed by atoms with Crippen LogP contribution in [0.1, 0.15) is 19.3 Å². The van der Waals surface area contributed by atoms with E-state index in [2.05, 4.69) is 10.1 Å². The molecule has 3 nitrogen and oxygen atoms in total. The third-order valence-electron chi connectivity index (χ3n) is 2.14. The highest BCUT2D eigenvalue weighted by molar-refractivity contribution is 5.85. The highest BCUT2D eigenvalue weighted by Crippen LogP contribution is 2.15. The number of hydrogen-bond acceptors (Lipinski definition) is 3. The Hall–Kier alpha value is 0.01000. The molecule has 1 heterocycles. The maximum atomic E-state index is 10.8. The highest BCUT2D eigenvalue weighted by atomic mass is 35.5. The first-order chi connectivity index (χ1) is 5.33. The standard InChI is InChI=1S/C8H15NO2.2ClH/c1-11-8(10)6-7-2-4-9-5-3-7;;/h7,9H,2-6H2,1H3;2*1H. The molecule has 0 spiro atoms. The quantitative estimate of drug-likeness (QED) is 0.728. The molecular formula is C8H17Cl2NO2. The smallest absolute Gasteiger partial charge is 0.305 e. The first-order valence-electron chi connectivity index (χ1n) is 4.10. The van der Waals surface area contributed by atoms with E-state index in [-0.39, 0.29) is 30.8 Å². The van der Waals surface area contributed by atoms with Gasteiger partial charge in [-0.15, -0.1) is 24.8 Å². The van der Waals surface area contributed by atoms with Gasteiger partial charge in [0.05, 0.1) is 7.11 Å². The summed E-state index contributed by atoms with van der Waals surface area (Å²) in [6.07, 6.45) is 2.81. The molecule has 1 fully saturated rings. The minimum Gasteiger partial charge on any atom is -0.469 e. The van der Waals surface area contributed by atoms with Crippen LogP contribution in [0.2, 0.25) is 0 Å². The van der Waals surface area contributed by atoms with Crippen LogP contribution >= 0.6 is 24.8 Å². The SMILES string of the molecule is COC(=O)CC1CCNCC1.Cl.Cl. The summed E-state index contributed by atoms with van der Waals surface area (Å²) in [5.74, 6) is 0.473. The number of carbonyl (C=O) groups is 1. The summed E-state index contributed by atoms with van der Waals surface area (Å²) < 4.78 is 4.59. The second kappa shape index (κ2) is 8.60. The monoisotopic (exact) mass is 229 g/mol. The van der Waals surface area contributed by atoms with Gasteiger partial charge in [0.15, 0.2) is 0 Å². The molecule has 1 aliphatic heterocycles. The van der Waals surface area contributed by atoms with E-state index in [0.717, 1.165) is 25.9 Å². The summed E-state index contributed by atoms with van der Waals surface area (Å²) in [4.78, 5) is 10.8. The zero-order chi connectivity index (χ0) is 8.10. The summed E-state index contributed by atoms with van der Waals surface area (Å²) >= 11 is 0. The molecule has 5 heteroatoms. The lowest BCUT2D eigenvalue weighted by Crippen LogP contribution is -2.29. The Bertz CT molecular complexity index is 138. The molecular weight excluding hydrogens is 213 g/mol. The summed E-state index contributed by atoms with van der Waals surface area (Å²) in [5.41, 5.74) is 0. The maximum Gasteiger partial charge on any atom is 0.305 e. The molecule has 0 saturated carbocycles. The van der Waals surface area contributed by atoms with Gasteiger partial charge in [-0.1, -0.05) is 0 Å². The van der Waals surface area contributed by atoms with E-state index >= 15 is 0 Å². The van der Waals surface area contributed by atoms with Crippen molar-refractivity contribution in [2.24, 2.45) is 5.92 Å². The van der Waals surface area contributed by atoms with Gasteiger partial charge in [-0.3, -0.25) is 4.79 Å². The topological polar surface area (TPSA) is 38.3 Å². The van der Waals surface area contributed by atoms with Crippen LogP contribution in [0, 0.1) is 5.92 Å². The van der Waals surface area contributed by atoms with E-state index in [0.29, 0.717) is 12.3 Å². The van der Waals surface area contributed by atoms with Crippen molar-refractivity contribution in [1.29, 1.82) is 0 Å². The molecule has 1 saturated heterocycles. The minimum atomic E-state index is -0.0723. The number of rotatable bonds is 2. The lowest BCUT2D eigenvalue weighted by atomic mass is 9.95. The first kappa shape index (κ1) is 15.5. The fourth-order valence-electron chi connectivity index (χ4n) is 1.40. The number of piperidine rings is 1. The molecule has 0 aromatic heterocycles. The summed E-state index contributed by atoms with van der Waals surface area (Å²) in [5, 5.41) is 3.25. The van der Waals surface area contributed by atoms with Gasteiger partial charge in [0, 0.05) is 6.42 Å². The second-order valence-electron chi connectivity index (χ2n) is 2.97. The third kappa shape index (κ3) is 6.13. The average molecular weight is 230 g/mol. The number of nitrogens with one attached hydrogen (secondary N) is 1. The van der Waals surface area contributed by atoms with E-state index in [4.69, 9.17) is 0 Å². The van der Waals surface area contributed by atoms with Crippen molar-refractivity contribution in [2.45, 2.75) is 19.3 Å². The lowest BCUT2D eigenvalue weighted by molar-refractivity contribution is -0.141. The van der Waals surface area contributed by atoms with Crippen LogP contribution in [0.15, 0.2) is 0 Å². The molecule has 13 heavy (non-hydrogen) atoms. The van der Waals surface area contributed by atoms with Crippen molar-refractivity contribution in [1.82, 2.24) is 5.32 Å². The molecule has 80 valence electrons. The van der Waals surface area contributed by atoms with Crippen molar-refractivity contribution >= 4 is 30.8 Å². The number of hydrogen-bond donors (Lipinski definition) is 1. The van der Waals surface area contributed by atoms with Crippen LogP contribution in [0.5, 0.6) is 0 Å². The molecule has 1 N–H and O–H groups in total. The Morgan fingerprint density at radius 3 is 2.38 bits per heavy atom. The van der Waals surface area contributed by atoms with E-state index in [1.165, 1.54) is 7.11 Å². The summed E-state index contributed by atoms with van der Waals surface area (Å²) in [7, 11) is 1.45. The molecule has 0 amide bonds. The van der Waals surface area contributed by atoms with Crippen LogP contribution in [-0.2, 0) is 9.53 Å². The van der Waals surface area contributed by atoms with Crippen LogP contribution in [0.4, 0.5) is 0 Å². The Morgan fingerprint density at radius 2 is 1.92 bits per heavy atom. The largest absolute Gasteiger partial charge is 0.469 e. The molecule has 0 aromatic carbocycles. The number of esters is 1. The van der Waals surface area contributed by atoms with Gasteiger partial charge < -0.3 is 10.1 Å². The lowest BCUT2D eigenvalue weighted by Gasteiger charge is -2.20. The van der Waals surface area contributed by atoms with Gasteiger partial charge in [-0.2, -0.15) is 0 Å². The van der Waals surface area contributed by atoms with Gasteiger partial charge in [0.1, 0.15) is 0 Å². The summed E-state index contributed by atoms with van der Waals surface area (Å²) in [6, 6.07) is 0. The van der Waals surface area contributed by atoms with Crippen molar-refractivity contribution in [2.75, 3.05) is 20.2 Å². The molecule has 0 unspecified atom stereocenters. The fraction of sp³-hybridized carbons (Fsp3) is 0.875. The zero-order valence-corrected chi connectivity index (χ0v) is 9.38. The molecule has 0 atom stereocenters. The van der Waals surface area contributed by atoms with Gasteiger partial charge in [-0.05, 0) is 31.8 Å². The third-order valence-corrected chi connectivity index (χ3v) is 2.14. The minimum absolute atomic E-state index is 0. The average Bonchev–Trinajstić information content (AvgIpc) is 2.06. The van der Waals surface area contributed by atoms with Crippen LogP contribution in [0.25, 0.3) is 0 Å². The predicted molar refractivity (Wildman–Crippen MR) is 56.7 cm³/mol. The van der Waals surface area contributed by atoms with Crippen LogP contribution in [0.3, 0.4) is 0 Å². The molecule has 1 rings (SSSR count). The predicted octanol–water partition coefficient (Wildman–Crippen LogP) is 1.39. The number of methoxy groups -OCH3 is 1. The second-order valence-corrected chi connectivity index (χ2v) is 2.97. The van der Waals surface area contributed by atoms with Gasteiger partial charge in [0.2, 0.25) is 0 Å². The van der Waals surface area contributed by atoms with E-state index in [1.807, 2.05) is 0 Å². The first-order valence-corrected chi connectivity index (χ1v) is 4.10. The van der Waals surface area contributed by atoms with E-state index in [1.54, 1.807) is 0 Å². The number of carbonyl (C=O) groups excluding carboxylic acids is 1.